The molecule has 2 aromatic rings. The summed E-state index contributed by atoms with van der Waals surface area (Å²) < 4.78 is 24.1. The number of ether oxygens (including phenoxy) is 2. The van der Waals surface area contributed by atoms with Crippen molar-refractivity contribution < 1.29 is 23.5 Å². The number of hydrogen-bond donors (Lipinski definition) is 0. The van der Waals surface area contributed by atoms with Gasteiger partial charge in [0.1, 0.15) is 11.6 Å². The second-order valence-corrected chi connectivity index (χ2v) is 6.66. The molecular weight excluding hydrogens is 387 g/mol. The first-order chi connectivity index (χ1) is 13.5. The molecule has 6 nitrogen and oxygen atoms in total. The molecule has 0 atom stereocenters. The molecular formula is C20H20ClFN2O4. The Morgan fingerprint density at radius 3 is 2.46 bits per heavy atom. The van der Waals surface area contributed by atoms with E-state index in [2.05, 4.69) is 0 Å². The SMILES string of the molecule is O=C(COc1cccc(Cl)c1)OCC(=O)N1CCN(c2ccccc2F)CC1. The van der Waals surface area contributed by atoms with Crippen LogP contribution in [0.1, 0.15) is 0 Å². The molecule has 1 aliphatic heterocycles. The van der Waals surface area contributed by atoms with E-state index in [0.29, 0.717) is 42.6 Å². The van der Waals surface area contributed by atoms with E-state index in [1.165, 1.54) is 6.07 Å². The summed E-state index contributed by atoms with van der Waals surface area (Å²) in [6, 6.07) is 13.2. The summed E-state index contributed by atoms with van der Waals surface area (Å²) in [6.07, 6.45) is 0. The van der Waals surface area contributed by atoms with Gasteiger partial charge in [-0.1, -0.05) is 29.8 Å². The minimum atomic E-state index is -0.640. The summed E-state index contributed by atoms with van der Waals surface area (Å²) in [5, 5.41) is 0.496. The number of anilines is 1. The Morgan fingerprint density at radius 1 is 1.00 bits per heavy atom. The largest absolute Gasteiger partial charge is 0.482 e. The van der Waals surface area contributed by atoms with E-state index in [0.717, 1.165) is 0 Å². The number of carbonyl (C=O) groups is 2. The van der Waals surface area contributed by atoms with Crippen LogP contribution in [0.4, 0.5) is 10.1 Å². The minimum absolute atomic E-state index is 0.282. The van der Waals surface area contributed by atoms with Gasteiger partial charge in [0.15, 0.2) is 13.2 Å². The lowest BCUT2D eigenvalue weighted by Gasteiger charge is -2.36. The molecule has 1 aliphatic rings. The van der Waals surface area contributed by atoms with Crippen molar-refractivity contribution in [1.82, 2.24) is 4.90 Å². The Kier molecular flexibility index (Phi) is 6.71. The number of esters is 1. The fourth-order valence-electron chi connectivity index (χ4n) is 2.88. The monoisotopic (exact) mass is 406 g/mol. The number of amides is 1. The predicted octanol–water partition coefficient (Wildman–Crippen LogP) is 2.75. The van der Waals surface area contributed by atoms with Crippen LogP contribution in [0.15, 0.2) is 48.5 Å². The molecule has 0 saturated carbocycles. The summed E-state index contributed by atoms with van der Waals surface area (Å²) in [6.45, 7) is 1.23. The highest BCUT2D eigenvalue weighted by Crippen LogP contribution is 2.20. The van der Waals surface area contributed by atoms with E-state index in [9.17, 15) is 14.0 Å². The highest BCUT2D eigenvalue weighted by Gasteiger charge is 2.23. The van der Waals surface area contributed by atoms with Crippen LogP contribution < -0.4 is 9.64 Å². The Hall–Kier alpha value is -2.80. The molecule has 148 valence electrons. The van der Waals surface area contributed by atoms with Gasteiger partial charge < -0.3 is 19.3 Å². The molecule has 1 amide bonds. The Labute approximate surface area is 167 Å². The molecule has 8 heteroatoms. The number of benzene rings is 2. The van der Waals surface area contributed by atoms with Gasteiger partial charge in [0.2, 0.25) is 0 Å². The van der Waals surface area contributed by atoms with Crippen LogP contribution in [-0.4, -0.2) is 56.2 Å². The molecule has 0 bridgehead atoms. The van der Waals surface area contributed by atoms with Gasteiger partial charge in [-0.15, -0.1) is 0 Å². The van der Waals surface area contributed by atoms with Crippen LogP contribution >= 0.6 is 11.6 Å². The van der Waals surface area contributed by atoms with Gasteiger partial charge in [-0.2, -0.15) is 0 Å². The normalized spacial score (nSPS) is 13.9. The molecule has 0 unspecified atom stereocenters. The third-order valence-corrected chi connectivity index (χ3v) is 4.57. The third kappa shape index (κ3) is 5.36. The molecule has 1 heterocycles. The molecule has 3 rings (SSSR count). The third-order valence-electron chi connectivity index (χ3n) is 4.33. The number of piperazine rings is 1. The van der Waals surface area contributed by atoms with Gasteiger partial charge in [0.25, 0.3) is 5.91 Å². The maximum atomic E-state index is 13.9. The maximum absolute atomic E-state index is 13.9. The van der Waals surface area contributed by atoms with Crippen LogP contribution in [0.2, 0.25) is 5.02 Å². The average molecular weight is 407 g/mol. The van der Waals surface area contributed by atoms with Crippen molar-refractivity contribution in [3.8, 4) is 5.75 Å². The second-order valence-electron chi connectivity index (χ2n) is 6.23. The van der Waals surface area contributed by atoms with E-state index in [1.807, 2.05) is 4.90 Å². The van der Waals surface area contributed by atoms with Gasteiger partial charge in [-0.25, -0.2) is 9.18 Å². The zero-order chi connectivity index (χ0) is 19.9. The van der Waals surface area contributed by atoms with Gasteiger partial charge in [-0.05, 0) is 30.3 Å². The van der Waals surface area contributed by atoms with Crippen molar-refractivity contribution in [2.45, 2.75) is 0 Å². The number of halogens is 2. The summed E-state index contributed by atoms with van der Waals surface area (Å²) in [5.74, 6) is -0.765. The Bertz CT molecular complexity index is 840. The first-order valence-electron chi connectivity index (χ1n) is 8.84. The standard InChI is InChI=1S/C20H20ClFN2O4/c21-15-4-3-5-16(12-15)27-14-20(26)28-13-19(25)24-10-8-23(9-11-24)18-7-2-1-6-17(18)22/h1-7,12H,8-11,13-14H2. The van der Waals surface area contributed by atoms with Crippen LogP contribution in [0.3, 0.4) is 0 Å². The quantitative estimate of drug-likeness (QED) is 0.690. The molecule has 0 radical (unpaired) electrons. The first-order valence-corrected chi connectivity index (χ1v) is 9.22. The van der Waals surface area contributed by atoms with Crippen LogP contribution in [0.25, 0.3) is 0 Å². The fraction of sp³-hybridized carbons (Fsp3) is 0.300. The van der Waals surface area contributed by atoms with Crippen molar-refractivity contribution in [3.05, 3.63) is 59.4 Å². The summed E-state index contributed by atoms with van der Waals surface area (Å²) >= 11 is 5.84. The number of hydrogen-bond acceptors (Lipinski definition) is 5. The van der Waals surface area contributed by atoms with Crippen LogP contribution in [0.5, 0.6) is 5.75 Å². The number of nitrogens with zero attached hydrogens (tertiary/aromatic N) is 2. The van der Waals surface area contributed by atoms with Crippen molar-refractivity contribution in [2.24, 2.45) is 0 Å². The smallest absolute Gasteiger partial charge is 0.344 e. The topological polar surface area (TPSA) is 59.1 Å². The van der Waals surface area contributed by atoms with E-state index in [-0.39, 0.29) is 24.9 Å². The molecule has 28 heavy (non-hydrogen) atoms. The average Bonchev–Trinajstić information content (AvgIpc) is 2.71. The van der Waals surface area contributed by atoms with Gasteiger partial charge in [0, 0.05) is 31.2 Å². The lowest BCUT2D eigenvalue weighted by molar-refractivity contribution is -0.153. The second kappa shape index (κ2) is 9.41. The fourth-order valence-corrected chi connectivity index (χ4v) is 3.06. The zero-order valence-electron chi connectivity index (χ0n) is 15.1. The number of carbonyl (C=O) groups excluding carboxylic acids is 2. The summed E-state index contributed by atoms with van der Waals surface area (Å²) in [7, 11) is 0. The van der Waals surface area contributed by atoms with Crippen molar-refractivity contribution in [2.75, 3.05) is 44.3 Å². The van der Waals surface area contributed by atoms with Crippen molar-refractivity contribution in [1.29, 1.82) is 0 Å². The number of para-hydroxylation sites is 1. The van der Waals surface area contributed by atoms with Crippen LogP contribution in [0, 0.1) is 5.82 Å². The molecule has 0 spiro atoms. The molecule has 0 aliphatic carbocycles. The molecule has 0 N–H and O–H groups in total. The highest BCUT2D eigenvalue weighted by atomic mass is 35.5. The van der Waals surface area contributed by atoms with E-state index in [4.69, 9.17) is 21.1 Å². The predicted molar refractivity (Wildman–Crippen MR) is 103 cm³/mol. The van der Waals surface area contributed by atoms with Crippen molar-refractivity contribution >= 4 is 29.2 Å². The molecule has 0 aromatic heterocycles. The summed E-state index contributed by atoms with van der Waals surface area (Å²) in [5.41, 5.74) is 0.527. The summed E-state index contributed by atoms with van der Waals surface area (Å²) in [4.78, 5) is 27.5. The molecule has 1 saturated heterocycles. The number of rotatable bonds is 6. The Balaban J connectivity index is 1.39. The van der Waals surface area contributed by atoms with Gasteiger partial charge in [0.05, 0.1) is 5.69 Å². The van der Waals surface area contributed by atoms with Gasteiger partial charge >= 0.3 is 5.97 Å². The lowest BCUT2D eigenvalue weighted by atomic mass is 10.2. The first kappa shape index (κ1) is 19.9. The van der Waals surface area contributed by atoms with E-state index < -0.39 is 5.97 Å². The molecule has 1 fully saturated rings. The molecule has 2 aromatic carbocycles. The maximum Gasteiger partial charge on any atom is 0.344 e. The lowest BCUT2D eigenvalue weighted by Crippen LogP contribution is -2.50. The minimum Gasteiger partial charge on any atom is -0.482 e. The highest BCUT2D eigenvalue weighted by molar-refractivity contribution is 6.30. The van der Waals surface area contributed by atoms with Crippen molar-refractivity contribution in [3.63, 3.8) is 0 Å². The Morgan fingerprint density at radius 2 is 1.75 bits per heavy atom. The zero-order valence-corrected chi connectivity index (χ0v) is 15.9. The van der Waals surface area contributed by atoms with Gasteiger partial charge in [-0.3, -0.25) is 4.79 Å². The van der Waals surface area contributed by atoms with E-state index >= 15 is 0 Å². The van der Waals surface area contributed by atoms with E-state index in [1.54, 1.807) is 47.4 Å². The van der Waals surface area contributed by atoms with Crippen LogP contribution in [-0.2, 0) is 14.3 Å².